The Morgan fingerprint density at radius 3 is 2.85 bits per heavy atom. The third kappa shape index (κ3) is 2.90. The van der Waals surface area contributed by atoms with Crippen molar-refractivity contribution in [3.63, 3.8) is 0 Å². The summed E-state index contributed by atoms with van der Waals surface area (Å²) in [6, 6.07) is 1.48. The molecule has 1 N–H and O–H groups in total. The number of aromatic nitrogens is 3. The minimum atomic E-state index is -0.433. The maximum absolute atomic E-state index is 12.4. The van der Waals surface area contributed by atoms with Gasteiger partial charge in [0, 0.05) is 23.5 Å². The van der Waals surface area contributed by atoms with E-state index in [0.717, 1.165) is 17.1 Å². The van der Waals surface area contributed by atoms with E-state index in [0.29, 0.717) is 0 Å². The number of nitrogens with zero attached hydrogens (tertiary/aromatic N) is 3. The lowest BCUT2D eigenvalue weighted by molar-refractivity contribution is -0.126. The molecule has 2 heterocycles. The molecule has 108 valence electrons. The van der Waals surface area contributed by atoms with E-state index < -0.39 is 5.54 Å². The second-order valence-electron chi connectivity index (χ2n) is 5.13. The van der Waals surface area contributed by atoms with Gasteiger partial charge < -0.3 is 5.32 Å². The number of aryl methyl sites for hydroxylation is 1. The van der Waals surface area contributed by atoms with Crippen LogP contribution < -0.4 is 5.32 Å². The van der Waals surface area contributed by atoms with Crippen LogP contribution in [0.1, 0.15) is 43.9 Å². The largest absolute Gasteiger partial charge is 0.343 e. The van der Waals surface area contributed by atoms with Gasteiger partial charge in [-0.25, -0.2) is 4.98 Å². The van der Waals surface area contributed by atoms with E-state index in [2.05, 4.69) is 22.3 Å². The zero-order valence-electron chi connectivity index (χ0n) is 12.3. The molecule has 0 unspecified atom stereocenters. The third-order valence-corrected chi connectivity index (χ3v) is 4.72. The van der Waals surface area contributed by atoms with Crippen molar-refractivity contribution in [2.24, 2.45) is 0 Å². The molecule has 0 radical (unpaired) electrons. The minimum Gasteiger partial charge on any atom is -0.343 e. The molecule has 0 fully saturated rings. The molecule has 2 rings (SSSR count). The number of carbonyl (C=O) groups excluding carboxylic acids is 1. The normalized spacial score (nSPS) is 15.6. The predicted octanol–water partition coefficient (Wildman–Crippen LogP) is 2.65. The molecule has 0 aliphatic carbocycles. The van der Waals surface area contributed by atoms with E-state index in [9.17, 15) is 4.79 Å². The Bertz CT molecular complexity index is 578. The average molecular weight is 292 g/mol. The highest BCUT2D eigenvalue weighted by Gasteiger charge is 2.31. The SMILES string of the molecule is CC[C@](C)(NC(=O)[C@H](C)n1cccn1)c1nc(C)cs1. The molecule has 6 heteroatoms. The molecule has 0 aliphatic heterocycles. The molecule has 2 aromatic heterocycles. The van der Waals surface area contributed by atoms with E-state index in [-0.39, 0.29) is 11.9 Å². The second-order valence-corrected chi connectivity index (χ2v) is 5.99. The minimum absolute atomic E-state index is 0.0501. The van der Waals surface area contributed by atoms with Gasteiger partial charge in [0.25, 0.3) is 0 Å². The molecule has 0 saturated heterocycles. The van der Waals surface area contributed by atoms with Crippen LogP contribution in [0.3, 0.4) is 0 Å². The topological polar surface area (TPSA) is 59.8 Å². The highest BCUT2D eigenvalue weighted by Crippen LogP contribution is 2.28. The Balaban J connectivity index is 2.15. The molecule has 2 aromatic rings. The third-order valence-electron chi connectivity index (χ3n) is 3.50. The predicted molar refractivity (Wildman–Crippen MR) is 79.6 cm³/mol. The summed E-state index contributed by atoms with van der Waals surface area (Å²) in [6.07, 6.45) is 4.26. The first-order valence-electron chi connectivity index (χ1n) is 6.70. The molecular formula is C14H20N4OS. The molecule has 5 nitrogen and oxygen atoms in total. The fraction of sp³-hybridized carbons (Fsp3) is 0.500. The summed E-state index contributed by atoms with van der Waals surface area (Å²) in [5.41, 5.74) is 0.552. The van der Waals surface area contributed by atoms with Crippen molar-refractivity contribution in [2.45, 2.75) is 45.7 Å². The number of rotatable bonds is 5. The Labute approximate surface area is 123 Å². The van der Waals surface area contributed by atoms with Crippen LogP contribution in [-0.2, 0) is 10.3 Å². The van der Waals surface area contributed by atoms with Crippen LogP contribution in [0.5, 0.6) is 0 Å². The summed E-state index contributed by atoms with van der Waals surface area (Å²) in [5, 5.41) is 10.2. The maximum atomic E-state index is 12.4. The van der Waals surface area contributed by atoms with Crippen LogP contribution in [0.15, 0.2) is 23.8 Å². The fourth-order valence-electron chi connectivity index (χ4n) is 1.91. The summed E-state index contributed by atoms with van der Waals surface area (Å²) in [7, 11) is 0. The van der Waals surface area contributed by atoms with Crippen LogP contribution >= 0.6 is 11.3 Å². The maximum Gasteiger partial charge on any atom is 0.245 e. The van der Waals surface area contributed by atoms with E-state index >= 15 is 0 Å². The molecule has 0 aliphatic rings. The molecule has 20 heavy (non-hydrogen) atoms. The zero-order valence-corrected chi connectivity index (χ0v) is 13.1. The lowest BCUT2D eigenvalue weighted by Crippen LogP contribution is -2.45. The van der Waals surface area contributed by atoms with Gasteiger partial charge in [0.2, 0.25) is 5.91 Å². The molecular weight excluding hydrogens is 272 g/mol. The Morgan fingerprint density at radius 1 is 1.60 bits per heavy atom. The van der Waals surface area contributed by atoms with Gasteiger partial charge >= 0.3 is 0 Å². The molecule has 1 amide bonds. The monoisotopic (exact) mass is 292 g/mol. The number of hydrogen-bond acceptors (Lipinski definition) is 4. The van der Waals surface area contributed by atoms with Gasteiger partial charge in [0.15, 0.2) is 0 Å². The average Bonchev–Trinajstić information content (AvgIpc) is 3.08. The smallest absolute Gasteiger partial charge is 0.245 e. The summed E-state index contributed by atoms with van der Waals surface area (Å²) >= 11 is 1.58. The van der Waals surface area contributed by atoms with Crippen molar-refractivity contribution >= 4 is 17.2 Å². The standard InChI is InChI=1S/C14H20N4OS/c1-5-14(4,13-16-10(2)9-20-13)17-12(19)11(3)18-8-6-7-15-18/h6-9,11H,5H2,1-4H3,(H,17,19)/t11-,14-/m0/s1. The first kappa shape index (κ1) is 14.7. The summed E-state index contributed by atoms with van der Waals surface area (Å²) in [5.74, 6) is -0.0501. The second kappa shape index (κ2) is 5.75. The Hall–Kier alpha value is -1.69. The highest BCUT2D eigenvalue weighted by molar-refractivity contribution is 7.09. The van der Waals surface area contributed by atoms with Gasteiger partial charge in [-0.2, -0.15) is 5.10 Å². The quantitative estimate of drug-likeness (QED) is 0.921. The highest BCUT2D eigenvalue weighted by atomic mass is 32.1. The van der Waals surface area contributed by atoms with Gasteiger partial charge in [-0.3, -0.25) is 9.48 Å². The van der Waals surface area contributed by atoms with E-state index in [1.54, 1.807) is 28.4 Å². The zero-order chi connectivity index (χ0) is 14.8. The van der Waals surface area contributed by atoms with Gasteiger partial charge in [-0.15, -0.1) is 11.3 Å². The summed E-state index contributed by atoms with van der Waals surface area (Å²) in [4.78, 5) is 16.9. The molecule has 0 bridgehead atoms. The van der Waals surface area contributed by atoms with Crippen molar-refractivity contribution in [3.05, 3.63) is 34.5 Å². The number of amides is 1. The van der Waals surface area contributed by atoms with Crippen LogP contribution in [0.2, 0.25) is 0 Å². The number of nitrogens with one attached hydrogen (secondary N) is 1. The first-order chi connectivity index (χ1) is 9.46. The Kier molecular flexibility index (Phi) is 4.23. The molecule has 0 spiro atoms. The lowest BCUT2D eigenvalue weighted by atomic mass is 9.99. The molecule has 0 saturated carbocycles. The van der Waals surface area contributed by atoms with Crippen molar-refractivity contribution in [2.75, 3.05) is 0 Å². The van der Waals surface area contributed by atoms with E-state index in [1.165, 1.54) is 0 Å². The van der Waals surface area contributed by atoms with E-state index in [4.69, 9.17) is 0 Å². The van der Waals surface area contributed by atoms with Crippen molar-refractivity contribution < 1.29 is 4.79 Å². The van der Waals surface area contributed by atoms with Crippen LogP contribution in [0, 0.1) is 6.92 Å². The lowest BCUT2D eigenvalue weighted by Gasteiger charge is -2.29. The first-order valence-corrected chi connectivity index (χ1v) is 7.58. The number of thiazole rings is 1. The summed E-state index contributed by atoms with van der Waals surface area (Å²) < 4.78 is 1.65. The van der Waals surface area contributed by atoms with E-state index in [1.807, 2.05) is 32.2 Å². The molecule has 0 aromatic carbocycles. The van der Waals surface area contributed by atoms with Gasteiger partial charge in [-0.05, 0) is 33.3 Å². The van der Waals surface area contributed by atoms with Gasteiger partial charge in [-0.1, -0.05) is 6.92 Å². The summed E-state index contributed by atoms with van der Waals surface area (Å²) in [6.45, 7) is 7.87. The fourth-order valence-corrected chi connectivity index (χ4v) is 2.89. The van der Waals surface area contributed by atoms with Gasteiger partial charge in [0.05, 0.1) is 5.54 Å². The molecule has 2 atom stereocenters. The van der Waals surface area contributed by atoms with Crippen molar-refractivity contribution in [1.82, 2.24) is 20.1 Å². The van der Waals surface area contributed by atoms with Gasteiger partial charge in [0.1, 0.15) is 11.0 Å². The Morgan fingerprint density at radius 2 is 2.35 bits per heavy atom. The number of hydrogen-bond donors (Lipinski definition) is 1. The van der Waals surface area contributed by atoms with Crippen LogP contribution in [0.4, 0.5) is 0 Å². The van der Waals surface area contributed by atoms with Crippen LogP contribution in [-0.4, -0.2) is 20.7 Å². The van der Waals surface area contributed by atoms with Crippen LogP contribution in [0.25, 0.3) is 0 Å². The number of carbonyl (C=O) groups is 1. The van der Waals surface area contributed by atoms with Crippen molar-refractivity contribution in [1.29, 1.82) is 0 Å². The van der Waals surface area contributed by atoms with Crippen molar-refractivity contribution in [3.8, 4) is 0 Å².